The van der Waals surface area contributed by atoms with Crippen molar-refractivity contribution in [3.63, 3.8) is 0 Å². The second-order valence-corrected chi connectivity index (χ2v) is 3.57. The molecule has 1 atom stereocenters. The summed E-state index contributed by atoms with van der Waals surface area (Å²) in [5.74, 6) is -0.640. The lowest BCUT2D eigenvalue weighted by molar-refractivity contribution is -0.123. The molecule has 1 heterocycles. The molecule has 1 radical (unpaired) electrons. The van der Waals surface area contributed by atoms with E-state index in [1.165, 1.54) is 11.8 Å². The summed E-state index contributed by atoms with van der Waals surface area (Å²) in [6.45, 7) is 1.43. The maximum absolute atomic E-state index is 11.4. The summed E-state index contributed by atoms with van der Waals surface area (Å²) in [4.78, 5) is 24.1. The standard InChI is InChI=1S/C11H11N2O2/c1-7(14)13-9-5-3-2-4-8(9)6-10(13)11(12)15/h2,4-5,10H,6H2,1H3,(H2,12,15). The summed E-state index contributed by atoms with van der Waals surface area (Å²) in [6, 6.07) is 7.67. The molecule has 4 heteroatoms. The molecule has 1 aliphatic rings. The van der Waals surface area contributed by atoms with Crippen molar-refractivity contribution in [1.29, 1.82) is 0 Å². The second kappa shape index (κ2) is 3.38. The summed E-state index contributed by atoms with van der Waals surface area (Å²) in [5.41, 5.74) is 6.97. The van der Waals surface area contributed by atoms with Crippen molar-refractivity contribution in [3.05, 3.63) is 29.8 Å². The molecule has 0 bridgehead atoms. The molecule has 2 amide bonds. The van der Waals surface area contributed by atoms with Gasteiger partial charge in [0.25, 0.3) is 0 Å². The number of primary amides is 1. The average Bonchev–Trinajstić information content (AvgIpc) is 2.56. The van der Waals surface area contributed by atoms with Crippen molar-refractivity contribution in [2.45, 2.75) is 19.4 Å². The predicted octanol–water partition coefficient (Wildman–Crippen LogP) is 0.250. The summed E-state index contributed by atoms with van der Waals surface area (Å²) in [6.07, 6.45) is 0.499. The molecule has 77 valence electrons. The topological polar surface area (TPSA) is 63.4 Å². The normalized spacial score (nSPS) is 18.7. The molecule has 4 nitrogen and oxygen atoms in total. The summed E-state index contributed by atoms with van der Waals surface area (Å²) in [7, 11) is 0. The highest BCUT2D eigenvalue weighted by atomic mass is 16.2. The van der Waals surface area contributed by atoms with Gasteiger partial charge in [0.15, 0.2) is 0 Å². The second-order valence-electron chi connectivity index (χ2n) is 3.57. The third-order valence-corrected chi connectivity index (χ3v) is 2.58. The summed E-state index contributed by atoms with van der Waals surface area (Å²) >= 11 is 0. The van der Waals surface area contributed by atoms with Crippen molar-refractivity contribution < 1.29 is 9.59 Å². The minimum absolute atomic E-state index is 0.169. The van der Waals surface area contributed by atoms with E-state index in [2.05, 4.69) is 6.07 Å². The first kappa shape index (κ1) is 9.71. The molecule has 0 fully saturated rings. The Bertz CT molecular complexity index is 428. The minimum Gasteiger partial charge on any atom is -0.368 e. The van der Waals surface area contributed by atoms with E-state index in [0.29, 0.717) is 6.42 Å². The van der Waals surface area contributed by atoms with Gasteiger partial charge in [-0.25, -0.2) is 0 Å². The SMILES string of the molecule is CC(=O)N1c2c[c]ccc2CC1C(N)=O. The summed E-state index contributed by atoms with van der Waals surface area (Å²) in [5, 5.41) is 0. The fourth-order valence-corrected chi connectivity index (χ4v) is 1.94. The van der Waals surface area contributed by atoms with E-state index in [4.69, 9.17) is 5.73 Å². The number of nitrogens with zero attached hydrogens (tertiary/aromatic N) is 1. The van der Waals surface area contributed by atoms with E-state index in [9.17, 15) is 9.59 Å². The van der Waals surface area contributed by atoms with Crippen molar-refractivity contribution >= 4 is 17.5 Å². The third kappa shape index (κ3) is 1.48. The lowest BCUT2D eigenvalue weighted by Crippen LogP contribution is -2.45. The lowest BCUT2D eigenvalue weighted by Gasteiger charge is -2.21. The third-order valence-electron chi connectivity index (χ3n) is 2.58. The molecular weight excluding hydrogens is 192 g/mol. The molecule has 15 heavy (non-hydrogen) atoms. The van der Waals surface area contributed by atoms with Gasteiger partial charge in [-0.1, -0.05) is 12.1 Å². The number of nitrogens with two attached hydrogens (primary N) is 1. The van der Waals surface area contributed by atoms with Crippen LogP contribution >= 0.6 is 0 Å². The first-order valence-corrected chi connectivity index (χ1v) is 4.69. The number of benzene rings is 1. The number of carbonyl (C=O) groups is 2. The smallest absolute Gasteiger partial charge is 0.240 e. The highest BCUT2D eigenvalue weighted by Crippen LogP contribution is 2.31. The van der Waals surface area contributed by atoms with Crippen molar-refractivity contribution in [2.75, 3.05) is 4.90 Å². The van der Waals surface area contributed by atoms with Gasteiger partial charge < -0.3 is 5.73 Å². The quantitative estimate of drug-likeness (QED) is 0.711. The van der Waals surface area contributed by atoms with Crippen LogP contribution in [-0.2, 0) is 16.0 Å². The molecule has 1 unspecified atom stereocenters. The van der Waals surface area contributed by atoms with Gasteiger partial charge in [-0.15, -0.1) is 0 Å². The van der Waals surface area contributed by atoms with E-state index in [-0.39, 0.29) is 5.91 Å². The van der Waals surface area contributed by atoms with Gasteiger partial charge in [-0.3, -0.25) is 14.5 Å². The fourth-order valence-electron chi connectivity index (χ4n) is 1.94. The zero-order valence-corrected chi connectivity index (χ0v) is 8.36. The van der Waals surface area contributed by atoms with Gasteiger partial charge in [-0.05, 0) is 17.7 Å². The number of hydrogen-bond acceptors (Lipinski definition) is 2. The molecule has 1 aromatic rings. The van der Waals surface area contributed by atoms with E-state index in [1.807, 2.05) is 6.07 Å². The van der Waals surface area contributed by atoms with E-state index < -0.39 is 11.9 Å². The van der Waals surface area contributed by atoms with Crippen molar-refractivity contribution in [1.82, 2.24) is 0 Å². The Hall–Kier alpha value is -1.84. The van der Waals surface area contributed by atoms with Crippen LogP contribution in [0.3, 0.4) is 0 Å². The molecular formula is C11H11N2O2. The monoisotopic (exact) mass is 203 g/mol. The first-order chi connectivity index (χ1) is 7.11. The van der Waals surface area contributed by atoms with E-state index in [1.54, 1.807) is 12.1 Å². The number of carbonyl (C=O) groups excluding carboxylic acids is 2. The largest absolute Gasteiger partial charge is 0.368 e. The molecule has 1 aromatic carbocycles. The van der Waals surface area contributed by atoms with E-state index >= 15 is 0 Å². The predicted molar refractivity (Wildman–Crippen MR) is 55.1 cm³/mol. The number of rotatable bonds is 1. The van der Waals surface area contributed by atoms with Crippen LogP contribution in [0.5, 0.6) is 0 Å². The number of fused-ring (bicyclic) bond motifs is 1. The molecule has 0 saturated heterocycles. The Morgan fingerprint density at radius 3 is 2.93 bits per heavy atom. The van der Waals surface area contributed by atoms with Crippen LogP contribution in [0.2, 0.25) is 0 Å². The molecule has 0 saturated carbocycles. The number of anilines is 1. The van der Waals surface area contributed by atoms with Gasteiger partial charge in [0, 0.05) is 19.0 Å². The van der Waals surface area contributed by atoms with Crippen LogP contribution in [0.15, 0.2) is 18.2 Å². The molecule has 1 aliphatic heterocycles. The van der Waals surface area contributed by atoms with Crippen LogP contribution in [0.1, 0.15) is 12.5 Å². The Balaban J connectivity index is 2.46. The maximum atomic E-state index is 11.4. The van der Waals surface area contributed by atoms with Crippen LogP contribution < -0.4 is 10.6 Å². The van der Waals surface area contributed by atoms with E-state index in [0.717, 1.165) is 11.3 Å². The van der Waals surface area contributed by atoms with Crippen LogP contribution in [0.4, 0.5) is 5.69 Å². The maximum Gasteiger partial charge on any atom is 0.240 e. The van der Waals surface area contributed by atoms with Gasteiger partial charge in [-0.2, -0.15) is 0 Å². The molecule has 0 aliphatic carbocycles. The fraction of sp³-hybridized carbons (Fsp3) is 0.273. The van der Waals surface area contributed by atoms with Gasteiger partial charge >= 0.3 is 0 Å². The lowest BCUT2D eigenvalue weighted by atomic mass is 10.1. The van der Waals surface area contributed by atoms with Crippen LogP contribution in [0, 0.1) is 6.07 Å². The Labute approximate surface area is 87.7 Å². The number of hydrogen-bond donors (Lipinski definition) is 1. The highest BCUT2D eigenvalue weighted by Gasteiger charge is 2.35. The Kier molecular flexibility index (Phi) is 2.19. The van der Waals surface area contributed by atoms with Gasteiger partial charge in [0.2, 0.25) is 11.8 Å². The minimum atomic E-state index is -0.548. The molecule has 0 aromatic heterocycles. The Morgan fingerprint density at radius 1 is 1.60 bits per heavy atom. The highest BCUT2D eigenvalue weighted by molar-refractivity contribution is 6.01. The molecule has 2 rings (SSSR count). The summed E-state index contributed by atoms with van der Waals surface area (Å²) < 4.78 is 0. The van der Waals surface area contributed by atoms with Crippen molar-refractivity contribution in [2.24, 2.45) is 5.73 Å². The molecule has 0 spiro atoms. The van der Waals surface area contributed by atoms with Crippen LogP contribution in [-0.4, -0.2) is 17.9 Å². The van der Waals surface area contributed by atoms with Gasteiger partial charge in [0.1, 0.15) is 6.04 Å². The zero-order valence-electron chi connectivity index (χ0n) is 8.36. The average molecular weight is 203 g/mol. The Morgan fingerprint density at radius 2 is 2.33 bits per heavy atom. The first-order valence-electron chi connectivity index (χ1n) is 4.69. The number of amides is 2. The van der Waals surface area contributed by atoms with Crippen LogP contribution in [0.25, 0.3) is 0 Å². The zero-order chi connectivity index (χ0) is 11.0. The van der Waals surface area contributed by atoms with Gasteiger partial charge in [0.05, 0.1) is 0 Å². The molecule has 2 N–H and O–H groups in total. The van der Waals surface area contributed by atoms with Crippen molar-refractivity contribution in [3.8, 4) is 0 Å².